The van der Waals surface area contributed by atoms with Crippen molar-refractivity contribution in [3.63, 3.8) is 0 Å². The molecule has 0 bridgehead atoms. The Labute approximate surface area is 109 Å². The van der Waals surface area contributed by atoms with E-state index in [0.29, 0.717) is 18.3 Å². The van der Waals surface area contributed by atoms with Gasteiger partial charge in [-0.1, -0.05) is 0 Å². The third-order valence-corrected chi connectivity index (χ3v) is 4.84. The third kappa shape index (κ3) is 2.35. The first-order valence-corrected chi connectivity index (χ1v) is 7.53. The molecule has 3 nitrogen and oxygen atoms in total. The van der Waals surface area contributed by atoms with E-state index in [-0.39, 0.29) is 17.6 Å². The Kier molecular flexibility index (Phi) is 3.46. The molecule has 1 aliphatic heterocycles. The molecule has 0 N–H and O–H groups in total. The molecular weight excluding hydrogens is 228 g/mol. The average molecular weight is 252 g/mol. The Morgan fingerprint density at radius 2 is 2.17 bits per heavy atom. The molecule has 2 aliphatic carbocycles. The summed E-state index contributed by atoms with van der Waals surface area (Å²) in [6.07, 6.45) is 7.64. The maximum absolute atomic E-state index is 12.6. The summed E-state index contributed by atoms with van der Waals surface area (Å²) in [5, 5.41) is 0. The number of ether oxygens (including phenoxy) is 2. The van der Waals surface area contributed by atoms with E-state index < -0.39 is 0 Å². The fourth-order valence-corrected chi connectivity index (χ4v) is 3.45. The molecule has 0 amide bonds. The first kappa shape index (κ1) is 12.6. The van der Waals surface area contributed by atoms with Crippen molar-refractivity contribution in [2.45, 2.75) is 63.6 Å². The maximum atomic E-state index is 12.6. The maximum Gasteiger partial charge on any atom is 0.165 e. The van der Waals surface area contributed by atoms with Crippen molar-refractivity contribution in [2.75, 3.05) is 13.2 Å². The van der Waals surface area contributed by atoms with Gasteiger partial charge in [0.15, 0.2) is 5.78 Å². The Morgan fingerprint density at radius 1 is 1.39 bits per heavy atom. The summed E-state index contributed by atoms with van der Waals surface area (Å²) < 4.78 is 11.6. The van der Waals surface area contributed by atoms with Crippen LogP contribution in [0.4, 0.5) is 0 Å². The molecule has 1 saturated heterocycles. The molecule has 1 spiro atoms. The Bertz CT molecular complexity index is 318. The van der Waals surface area contributed by atoms with Gasteiger partial charge in [-0.05, 0) is 57.8 Å². The minimum Gasteiger partial charge on any atom is -0.375 e. The van der Waals surface area contributed by atoms with Crippen LogP contribution in [0.15, 0.2) is 0 Å². The molecule has 3 aliphatic rings. The monoisotopic (exact) mass is 252 g/mol. The van der Waals surface area contributed by atoms with Gasteiger partial charge in [0.2, 0.25) is 0 Å². The van der Waals surface area contributed by atoms with Gasteiger partial charge in [0.05, 0.1) is 5.60 Å². The summed E-state index contributed by atoms with van der Waals surface area (Å²) in [6.45, 7) is 3.40. The number of carbonyl (C=O) groups is 1. The molecule has 3 fully saturated rings. The lowest BCUT2D eigenvalue weighted by Gasteiger charge is -2.47. The number of carbonyl (C=O) groups excluding carboxylic acids is 1. The number of hydrogen-bond acceptors (Lipinski definition) is 3. The van der Waals surface area contributed by atoms with E-state index in [4.69, 9.17) is 9.47 Å². The van der Waals surface area contributed by atoms with Gasteiger partial charge in [-0.25, -0.2) is 0 Å². The van der Waals surface area contributed by atoms with Crippen LogP contribution in [0.25, 0.3) is 0 Å². The molecule has 102 valence electrons. The van der Waals surface area contributed by atoms with Crippen molar-refractivity contribution in [2.24, 2.45) is 11.8 Å². The van der Waals surface area contributed by atoms with Gasteiger partial charge in [-0.2, -0.15) is 0 Å². The molecule has 3 heteroatoms. The largest absolute Gasteiger partial charge is 0.375 e. The molecule has 0 aromatic heterocycles. The lowest BCUT2D eigenvalue weighted by Crippen LogP contribution is -2.48. The highest BCUT2D eigenvalue weighted by Crippen LogP contribution is 2.46. The fraction of sp³-hybridized carbons (Fsp3) is 0.933. The second-order valence-electron chi connectivity index (χ2n) is 6.19. The summed E-state index contributed by atoms with van der Waals surface area (Å²) in [7, 11) is 0. The average Bonchev–Trinajstić information content (AvgIpc) is 3.17. The van der Waals surface area contributed by atoms with Gasteiger partial charge in [0.25, 0.3) is 0 Å². The van der Waals surface area contributed by atoms with Crippen LogP contribution >= 0.6 is 0 Å². The molecule has 3 rings (SSSR count). The molecule has 2 unspecified atom stereocenters. The van der Waals surface area contributed by atoms with Crippen molar-refractivity contribution in [1.29, 1.82) is 0 Å². The van der Waals surface area contributed by atoms with Crippen LogP contribution in [0.3, 0.4) is 0 Å². The predicted molar refractivity (Wildman–Crippen MR) is 68.4 cm³/mol. The smallest absolute Gasteiger partial charge is 0.165 e. The van der Waals surface area contributed by atoms with E-state index in [1.807, 2.05) is 6.92 Å². The zero-order chi connectivity index (χ0) is 12.6. The van der Waals surface area contributed by atoms with Crippen LogP contribution in [-0.2, 0) is 14.3 Å². The van der Waals surface area contributed by atoms with Gasteiger partial charge < -0.3 is 9.47 Å². The van der Waals surface area contributed by atoms with Gasteiger partial charge in [0, 0.05) is 19.1 Å². The summed E-state index contributed by atoms with van der Waals surface area (Å²) in [4.78, 5) is 12.6. The number of ketones is 1. The summed E-state index contributed by atoms with van der Waals surface area (Å²) in [5.74, 6) is 1.07. The number of rotatable bonds is 5. The second-order valence-corrected chi connectivity index (χ2v) is 6.19. The normalized spacial score (nSPS) is 31.9. The van der Waals surface area contributed by atoms with Crippen LogP contribution in [0.5, 0.6) is 0 Å². The lowest BCUT2D eigenvalue weighted by molar-refractivity contribution is -0.162. The van der Waals surface area contributed by atoms with Crippen molar-refractivity contribution < 1.29 is 14.3 Å². The molecule has 0 aromatic rings. The van der Waals surface area contributed by atoms with Gasteiger partial charge >= 0.3 is 0 Å². The zero-order valence-corrected chi connectivity index (χ0v) is 11.3. The van der Waals surface area contributed by atoms with Crippen LogP contribution in [0.1, 0.15) is 51.9 Å². The Balaban J connectivity index is 1.63. The van der Waals surface area contributed by atoms with E-state index in [0.717, 1.165) is 32.3 Å². The number of Topliss-reactive ketones (excluding diaryl/α,β-unsaturated/α-hetero) is 1. The quantitative estimate of drug-likeness (QED) is 0.754. The van der Waals surface area contributed by atoms with E-state index in [1.165, 1.54) is 19.3 Å². The minimum absolute atomic E-state index is 0.0683. The first-order valence-electron chi connectivity index (χ1n) is 7.53. The second kappa shape index (κ2) is 4.93. The highest BCUT2D eigenvalue weighted by atomic mass is 16.5. The van der Waals surface area contributed by atoms with Crippen LogP contribution in [0.2, 0.25) is 0 Å². The SMILES string of the molecule is CCOC(C(=O)C1CCOC2(CCC2)C1)C1CC1. The van der Waals surface area contributed by atoms with E-state index in [2.05, 4.69) is 0 Å². The highest BCUT2D eigenvalue weighted by Gasteiger charge is 2.47. The predicted octanol–water partition coefficient (Wildman–Crippen LogP) is 2.72. The Morgan fingerprint density at radius 3 is 2.72 bits per heavy atom. The van der Waals surface area contributed by atoms with Gasteiger partial charge in [-0.3, -0.25) is 4.79 Å². The Hall–Kier alpha value is -0.410. The topological polar surface area (TPSA) is 35.5 Å². The summed E-state index contributed by atoms with van der Waals surface area (Å²) >= 11 is 0. The van der Waals surface area contributed by atoms with Crippen LogP contribution < -0.4 is 0 Å². The molecule has 1 heterocycles. The summed E-state index contributed by atoms with van der Waals surface area (Å²) in [5.41, 5.74) is 0.0683. The molecular formula is C15H24O3. The van der Waals surface area contributed by atoms with Crippen molar-refractivity contribution in [1.82, 2.24) is 0 Å². The fourth-order valence-electron chi connectivity index (χ4n) is 3.45. The highest BCUT2D eigenvalue weighted by molar-refractivity contribution is 5.86. The van der Waals surface area contributed by atoms with E-state index in [9.17, 15) is 4.79 Å². The van der Waals surface area contributed by atoms with Crippen LogP contribution in [0, 0.1) is 11.8 Å². The van der Waals surface area contributed by atoms with Crippen molar-refractivity contribution in [3.8, 4) is 0 Å². The minimum atomic E-state index is -0.116. The van der Waals surface area contributed by atoms with E-state index in [1.54, 1.807) is 0 Å². The lowest BCUT2D eigenvalue weighted by atomic mass is 9.70. The van der Waals surface area contributed by atoms with Gasteiger partial charge in [-0.15, -0.1) is 0 Å². The molecule has 0 radical (unpaired) electrons. The van der Waals surface area contributed by atoms with E-state index >= 15 is 0 Å². The number of hydrogen-bond donors (Lipinski definition) is 0. The van der Waals surface area contributed by atoms with Gasteiger partial charge in [0.1, 0.15) is 6.10 Å². The zero-order valence-electron chi connectivity index (χ0n) is 11.3. The standard InChI is InChI=1S/C15H24O3/c1-2-17-14(11-4-5-11)13(16)12-6-9-18-15(10-12)7-3-8-15/h11-12,14H,2-10H2,1H3. The third-order valence-electron chi connectivity index (χ3n) is 4.84. The molecule has 2 saturated carbocycles. The molecule has 2 atom stereocenters. The van der Waals surface area contributed by atoms with Crippen LogP contribution in [-0.4, -0.2) is 30.7 Å². The molecule has 0 aromatic carbocycles. The van der Waals surface area contributed by atoms with Crippen molar-refractivity contribution in [3.05, 3.63) is 0 Å². The first-order chi connectivity index (χ1) is 8.74. The van der Waals surface area contributed by atoms with Crippen molar-refractivity contribution >= 4 is 5.78 Å². The molecule has 18 heavy (non-hydrogen) atoms. The summed E-state index contributed by atoms with van der Waals surface area (Å²) in [6, 6.07) is 0.